The molecular formula is C27H25N3O2. The van der Waals surface area contributed by atoms with E-state index in [-0.39, 0.29) is 5.97 Å². The van der Waals surface area contributed by atoms with Gasteiger partial charge in [0.1, 0.15) is 18.2 Å². The van der Waals surface area contributed by atoms with Crippen LogP contribution in [0.15, 0.2) is 97.3 Å². The molecular weight excluding hydrogens is 398 g/mol. The van der Waals surface area contributed by atoms with Gasteiger partial charge in [0, 0.05) is 18.1 Å². The van der Waals surface area contributed by atoms with E-state index < -0.39 is 6.04 Å². The first kappa shape index (κ1) is 21.2. The third kappa shape index (κ3) is 5.58. The number of methoxy groups -OCH3 is 1. The summed E-state index contributed by atoms with van der Waals surface area (Å²) in [6.45, 7) is 0. The summed E-state index contributed by atoms with van der Waals surface area (Å²) in [5.74, 6) is 0.244. The molecule has 1 aromatic heterocycles. The predicted molar refractivity (Wildman–Crippen MR) is 126 cm³/mol. The number of aromatic nitrogens is 2. The molecule has 0 saturated heterocycles. The van der Waals surface area contributed by atoms with Crippen LogP contribution in [-0.4, -0.2) is 29.1 Å². The van der Waals surface area contributed by atoms with Gasteiger partial charge >= 0.3 is 5.97 Å². The molecule has 1 heterocycles. The Morgan fingerprint density at radius 1 is 0.844 bits per heavy atom. The van der Waals surface area contributed by atoms with Crippen LogP contribution in [0.5, 0.6) is 0 Å². The van der Waals surface area contributed by atoms with Crippen molar-refractivity contribution >= 4 is 11.8 Å². The highest BCUT2D eigenvalue weighted by Crippen LogP contribution is 2.21. The zero-order valence-electron chi connectivity index (χ0n) is 17.9. The minimum Gasteiger partial charge on any atom is -0.467 e. The first-order valence-corrected chi connectivity index (χ1v) is 10.5. The van der Waals surface area contributed by atoms with Gasteiger partial charge in [0.2, 0.25) is 0 Å². The fourth-order valence-electron chi connectivity index (χ4n) is 3.58. The number of carbonyl (C=O) groups excluding carboxylic acids is 1. The zero-order chi connectivity index (χ0) is 22.2. The van der Waals surface area contributed by atoms with Gasteiger partial charge in [0.15, 0.2) is 0 Å². The Balaban J connectivity index is 1.49. The Hall–Kier alpha value is -3.99. The SMILES string of the molecule is COC(=O)C(Cc1ccccc1)Nc1cc(-c2ccc(Cc3ccccc3)cc2)ncn1. The molecule has 32 heavy (non-hydrogen) atoms. The second-order valence-corrected chi connectivity index (χ2v) is 7.56. The van der Waals surface area contributed by atoms with E-state index in [9.17, 15) is 4.79 Å². The van der Waals surface area contributed by atoms with Crippen LogP contribution in [0, 0.1) is 0 Å². The summed E-state index contributed by atoms with van der Waals surface area (Å²) in [6.07, 6.45) is 2.89. The molecule has 160 valence electrons. The van der Waals surface area contributed by atoms with Gasteiger partial charge in [-0.15, -0.1) is 0 Å². The third-order valence-electron chi connectivity index (χ3n) is 5.26. The molecule has 0 saturated carbocycles. The number of hydrogen-bond acceptors (Lipinski definition) is 5. The molecule has 1 unspecified atom stereocenters. The van der Waals surface area contributed by atoms with Crippen molar-refractivity contribution in [2.75, 3.05) is 12.4 Å². The van der Waals surface area contributed by atoms with Gasteiger partial charge in [-0.25, -0.2) is 14.8 Å². The summed E-state index contributed by atoms with van der Waals surface area (Å²) in [6, 6.07) is 29.9. The molecule has 1 N–H and O–H groups in total. The lowest BCUT2D eigenvalue weighted by Crippen LogP contribution is -2.33. The molecule has 0 aliphatic carbocycles. The summed E-state index contributed by atoms with van der Waals surface area (Å²) in [5.41, 5.74) is 5.34. The van der Waals surface area contributed by atoms with Gasteiger partial charge in [-0.2, -0.15) is 0 Å². The van der Waals surface area contributed by atoms with Crippen molar-refractivity contribution < 1.29 is 9.53 Å². The van der Waals surface area contributed by atoms with Crippen molar-refractivity contribution in [3.8, 4) is 11.3 Å². The number of rotatable bonds is 8. The number of benzene rings is 3. The predicted octanol–water partition coefficient (Wildman–Crippen LogP) is 4.93. The van der Waals surface area contributed by atoms with E-state index in [4.69, 9.17) is 4.74 Å². The van der Waals surface area contributed by atoms with E-state index in [1.165, 1.54) is 24.6 Å². The summed E-state index contributed by atoms with van der Waals surface area (Å²) < 4.78 is 4.99. The first-order chi connectivity index (χ1) is 15.7. The number of nitrogens with one attached hydrogen (secondary N) is 1. The number of hydrogen-bond donors (Lipinski definition) is 1. The van der Waals surface area contributed by atoms with Crippen LogP contribution >= 0.6 is 0 Å². The molecule has 0 fully saturated rings. The molecule has 5 heteroatoms. The average Bonchev–Trinajstić information content (AvgIpc) is 2.85. The fraction of sp³-hybridized carbons (Fsp3) is 0.148. The van der Waals surface area contributed by atoms with Gasteiger partial charge in [0.05, 0.1) is 12.8 Å². The number of nitrogens with zero attached hydrogens (tertiary/aromatic N) is 2. The summed E-state index contributed by atoms with van der Waals surface area (Å²) in [7, 11) is 1.39. The fourth-order valence-corrected chi connectivity index (χ4v) is 3.58. The van der Waals surface area contributed by atoms with Gasteiger partial charge in [0.25, 0.3) is 0 Å². The smallest absolute Gasteiger partial charge is 0.328 e. The highest BCUT2D eigenvalue weighted by atomic mass is 16.5. The molecule has 0 bridgehead atoms. The maximum Gasteiger partial charge on any atom is 0.328 e. The van der Waals surface area contributed by atoms with E-state index in [1.54, 1.807) is 0 Å². The van der Waals surface area contributed by atoms with Gasteiger partial charge in [-0.05, 0) is 23.1 Å². The topological polar surface area (TPSA) is 64.1 Å². The monoisotopic (exact) mass is 423 g/mol. The molecule has 0 spiro atoms. The minimum absolute atomic E-state index is 0.334. The van der Waals surface area contributed by atoms with Gasteiger partial charge in [-0.3, -0.25) is 0 Å². The zero-order valence-corrected chi connectivity index (χ0v) is 17.9. The summed E-state index contributed by atoms with van der Waals surface area (Å²) >= 11 is 0. The van der Waals surface area contributed by atoms with E-state index >= 15 is 0 Å². The lowest BCUT2D eigenvalue weighted by Gasteiger charge is -2.17. The Labute approximate surface area is 188 Å². The molecule has 0 aliphatic rings. The second-order valence-electron chi connectivity index (χ2n) is 7.56. The van der Waals surface area contributed by atoms with Gasteiger partial charge in [-0.1, -0.05) is 84.9 Å². The number of ether oxygens (including phenoxy) is 1. The van der Waals surface area contributed by atoms with Crippen LogP contribution in [0.25, 0.3) is 11.3 Å². The van der Waals surface area contributed by atoms with Crippen molar-refractivity contribution in [3.05, 3.63) is 114 Å². The van der Waals surface area contributed by atoms with Crippen molar-refractivity contribution in [1.82, 2.24) is 9.97 Å². The molecule has 0 radical (unpaired) electrons. The van der Waals surface area contributed by atoms with E-state index in [0.717, 1.165) is 23.2 Å². The standard InChI is InChI=1S/C27H25N3O2/c1-32-27(31)25(17-21-10-6-3-7-11-21)30-26-18-24(28-19-29-26)23-14-12-22(13-15-23)16-20-8-4-2-5-9-20/h2-15,18-19,25H,16-17H2,1H3,(H,28,29,30). The van der Waals surface area contributed by atoms with Crippen molar-refractivity contribution in [2.24, 2.45) is 0 Å². The van der Waals surface area contributed by atoms with E-state index in [0.29, 0.717) is 12.2 Å². The first-order valence-electron chi connectivity index (χ1n) is 10.5. The third-order valence-corrected chi connectivity index (χ3v) is 5.26. The van der Waals surface area contributed by atoms with Gasteiger partial charge < -0.3 is 10.1 Å². The lowest BCUT2D eigenvalue weighted by molar-refractivity contribution is -0.141. The average molecular weight is 424 g/mol. The normalized spacial score (nSPS) is 11.5. The minimum atomic E-state index is -0.543. The maximum atomic E-state index is 12.3. The molecule has 5 nitrogen and oxygen atoms in total. The maximum absolute atomic E-state index is 12.3. The number of anilines is 1. The van der Waals surface area contributed by atoms with E-state index in [1.807, 2.05) is 42.5 Å². The summed E-state index contributed by atoms with van der Waals surface area (Å²) in [5, 5.41) is 3.21. The molecule has 0 aliphatic heterocycles. The Morgan fingerprint density at radius 2 is 1.47 bits per heavy atom. The highest BCUT2D eigenvalue weighted by Gasteiger charge is 2.20. The highest BCUT2D eigenvalue weighted by molar-refractivity contribution is 5.79. The second kappa shape index (κ2) is 10.4. The van der Waals surface area contributed by atoms with Crippen LogP contribution in [0.3, 0.4) is 0 Å². The Kier molecular flexibility index (Phi) is 6.88. The Bertz CT molecular complexity index is 1150. The van der Waals surface area contributed by atoms with Crippen LogP contribution in [0.1, 0.15) is 16.7 Å². The molecule has 4 rings (SSSR count). The molecule has 4 aromatic rings. The quantitative estimate of drug-likeness (QED) is 0.407. The Morgan fingerprint density at radius 3 is 2.12 bits per heavy atom. The van der Waals surface area contributed by atoms with Crippen LogP contribution in [0.4, 0.5) is 5.82 Å². The van der Waals surface area contributed by atoms with Crippen LogP contribution in [0.2, 0.25) is 0 Å². The molecule has 3 aromatic carbocycles. The van der Waals surface area contributed by atoms with E-state index in [2.05, 4.69) is 63.8 Å². The van der Waals surface area contributed by atoms with Crippen LogP contribution in [-0.2, 0) is 22.4 Å². The largest absolute Gasteiger partial charge is 0.467 e. The van der Waals surface area contributed by atoms with Crippen molar-refractivity contribution in [3.63, 3.8) is 0 Å². The lowest BCUT2D eigenvalue weighted by atomic mass is 10.0. The van der Waals surface area contributed by atoms with Crippen molar-refractivity contribution in [2.45, 2.75) is 18.9 Å². The van der Waals surface area contributed by atoms with Crippen molar-refractivity contribution in [1.29, 1.82) is 0 Å². The molecule has 1 atom stereocenters. The van der Waals surface area contributed by atoms with Crippen LogP contribution < -0.4 is 5.32 Å². The number of esters is 1. The number of carbonyl (C=O) groups is 1. The summed E-state index contributed by atoms with van der Waals surface area (Å²) in [4.78, 5) is 21.1. The molecule has 0 amide bonds.